The van der Waals surface area contributed by atoms with Gasteiger partial charge in [-0.25, -0.2) is 4.98 Å². The first-order chi connectivity index (χ1) is 13.1. The predicted molar refractivity (Wildman–Crippen MR) is 117 cm³/mol. The number of nitrogens with zero attached hydrogens (tertiary/aromatic N) is 2. The molecular weight excluding hydrogens is 358 g/mol. The number of carbonyl (C=O) groups is 1. The van der Waals surface area contributed by atoms with Gasteiger partial charge in [0.2, 0.25) is 0 Å². The maximum Gasteiger partial charge on any atom is 0.272 e. The maximum atomic E-state index is 11.9. The van der Waals surface area contributed by atoms with Crippen LogP contribution in [0.5, 0.6) is 0 Å². The highest BCUT2D eigenvalue weighted by atomic mass is 32.1. The highest BCUT2D eigenvalue weighted by Gasteiger charge is 2.17. The van der Waals surface area contributed by atoms with E-state index < -0.39 is 0 Å². The number of anilines is 1. The van der Waals surface area contributed by atoms with Crippen molar-refractivity contribution >= 4 is 43.5 Å². The van der Waals surface area contributed by atoms with E-state index in [2.05, 4.69) is 34.3 Å². The number of nitrogens with one attached hydrogen (secondary N) is 2. The number of nitrogen functional groups attached to an aromatic ring is 1. The summed E-state index contributed by atoms with van der Waals surface area (Å²) in [5, 5.41) is 10.9. The molecule has 0 aliphatic rings. The standard InChI is InChI=1S/C11H11N5OS.C7H16.C2H6/c1-2-13-10(17)8-7-5(15-16-8)3-4-6-9(7)18-11(12)14-6;1-3-5-7-6-4-2;1-2/h3-4H,2H2,1H3,(H2,12,14)(H,13,17)(H,15,16);3-7H2,1-2H3;1-2H3. The van der Waals surface area contributed by atoms with Crippen molar-refractivity contribution in [2.24, 2.45) is 0 Å². The number of hydrogen-bond acceptors (Lipinski definition) is 5. The van der Waals surface area contributed by atoms with Crippen LogP contribution in [0.1, 0.15) is 77.2 Å². The van der Waals surface area contributed by atoms with Gasteiger partial charge < -0.3 is 11.1 Å². The van der Waals surface area contributed by atoms with E-state index in [9.17, 15) is 4.79 Å². The van der Waals surface area contributed by atoms with Gasteiger partial charge in [0, 0.05) is 6.54 Å². The molecule has 0 aliphatic carbocycles. The number of fused-ring (bicyclic) bond motifs is 3. The highest BCUT2D eigenvalue weighted by Crippen LogP contribution is 2.32. The molecule has 2 aromatic heterocycles. The van der Waals surface area contributed by atoms with E-state index in [-0.39, 0.29) is 5.91 Å². The Morgan fingerprint density at radius 1 is 1.15 bits per heavy atom. The van der Waals surface area contributed by atoms with Gasteiger partial charge in [-0.05, 0) is 19.1 Å². The molecule has 2 heterocycles. The van der Waals surface area contributed by atoms with Gasteiger partial charge in [-0.1, -0.05) is 71.1 Å². The molecule has 0 aliphatic heterocycles. The Morgan fingerprint density at radius 2 is 1.81 bits per heavy atom. The molecule has 0 spiro atoms. The number of amides is 1. The van der Waals surface area contributed by atoms with Crippen molar-refractivity contribution < 1.29 is 4.79 Å². The Kier molecular flexibility index (Phi) is 10.4. The van der Waals surface area contributed by atoms with Crippen molar-refractivity contribution in [3.05, 3.63) is 17.8 Å². The summed E-state index contributed by atoms with van der Waals surface area (Å²) in [6.45, 7) is 10.9. The molecule has 0 radical (unpaired) electrons. The summed E-state index contributed by atoms with van der Waals surface area (Å²) >= 11 is 1.36. The lowest BCUT2D eigenvalue weighted by Crippen LogP contribution is -2.23. The summed E-state index contributed by atoms with van der Waals surface area (Å²) in [6, 6.07) is 3.72. The molecule has 0 unspecified atom stereocenters. The molecule has 0 bridgehead atoms. The van der Waals surface area contributed by atoms with E-state index in [1.54, 1.807) is 0 Å². The molecule has 0 atom stereocenters. The van der Waals surface area contributed by atoms with Crippen LogP contribution < -0.4 is 11.1 Å². The number of aromatic amines is 1. The molecule has 1 amide bonds. The largest absolute Gasteiger partial charge is 0.375 e. The molecule has 3 rings (SSSR count). The van der Waals surface area contributed by atoms with E-state index >= 15 is 0 Å². The first-order valence-electron chi connectivity index (χ1n) is 9.93. The van der Waals surface area contributed by atoms with Crippen molar-refractivity contribution in [3.8, 4) is 0 Å². The Bertz CT molecular complexity index is 820. The van der Waals surface area contributed by atoms with Gasteiger partial charge in [-0.2, -0.15) is 5.10 Å². The van der Waals surface area contributed by atoms with Crippen molar-refractivity contribution in [2.45, 2.75) is 66.7 Å². The molecule has 3 aromatic rings. The minimum Gasteiger partial charge on any atom is -0.375 e. The number of nitrogens with two attached hydrogens (primary N) is 1. The molecule has 150 valence electrons. The van der Waals surface area contributed by atoms with Crippen LogP contribution in [0.4, 0.5) is 5.13 Å². The van der Waals surface area contributed by atoms with E-state index in [1.165, 1.54) is 43.4 Å². The Hall–Kier alpha value is -2.15. The third kappa shape index (κ3) is 6.20. The van der Waals surface area contributed by atoms with Gasteiger partial charge in [0.05, 0.1) is 21.1 Å². The van der Waals surface area contributed by atoms with Gasteiger partial charge in [0.1, 0.15) is 0 Å². The van der Waals surface area contributed by atoms with Crippen molar-refractivity contribution in [1.29, 1.82) is 0 Å². The molecule has 7 heteroatoms. The number of carbonyl (C=O) groups excluding carboxylic acids is 1. The van der Waals surface area contributed by atoms with Gasteiger partial charge in [0.15, 0.2) is 10.8 Å². The molecule has 0 saturated carbocycles. The normalized spacial score (nSPS) is 10.1. The van der Waals surface area contributed by atoms with Crippen LogP contribution in [0.3, 0.4) is 0 Å². The summed E-state index contributed by atoms with van der Waals surface area (Å²) in [5.41, 5.74) is 7.70. The van der Waals surface area contributed by atoms with Crippen molar-refractivity contribution in [3.63, 3.8) is 0 Å². The number of H-pyrrole nitrogens is 1. The second-order valence-electron chi connectivity index (χ2n) is 5.88. The number of thiazole rings is 1. The van der Waals surface area contributed by atoms with Crippen LogP contribution in [0.2, 0.25) is 0 Å². The Labute approximate surface area is 165 Å². The number of unbranched alkanes of at least 4 members (excludes halogenated alkanes) is 4. The summed E-state index contributed by atoms with van der Waals surface area (Å²) in [7, 11) is 0. The van der Waals surface area contributed by atoms with Gasteiger partial charge >= 0.3 is 0 Å². The van der Waals surface area contributed by atoms with E-state index in [0.29, 0.717) is 17.4 Å². The number of benzene rings is 1. The van der Waals surface area contributed by atoms with E-state index in [4.69, 9.17) is 5.73 Å². The summed E-state index contributed by atoms with van der Waals surface area (Å²) in [4.78, 5) is 16.1. The van der Waals surface area contributed by atoms with Crippen molar-refractivity contribution in [2.75, 3.05) is 12.3 Å². The fourth-order valence-corrected chi connectivity index (χ4v) is 3.47. The number of rotatable bonds is 6. The maximum absolute atomic E-state index is 11.9. The topological polar surface area (TPSA) is 96.7 Å². The molecule has 1 aromatic carbocycles. The van der Waals surface area contributed by atoms with Gasteiger partial charge in [-0.15, -0.1) is 0 Å². The summed E-state index contributed by atoms with van der Waals surface area (Å²) in [5.74, 6) is -0.191. The molecular formula is C20H33N5OS. The third-order valence-electron chi connectivity index (χ3n) is 3.86. The second-order valence-corrected chi connectivity index (χ2v) is 6.91. The Balaban J connectivity index is 0.000000346. The van der Waals surface area contributed by atoms with Gasteiger partial charge in [0.25, 0.3) is 5.91 Å². The van der Waals surface area contributed by atoms with Gasteiger partial charge in [-0.3, -0.25) is 9.89 Å². The number of aromatic nitrogens is 3. The van der Waals surface area contributed by atoms with Crippen molar-refractivity contribution in [1.82, 2.24) is 20.5 Å². The lowest BCUT2D eigenvalue weighted by Gasteiger charge is -1.98. The second kappa shape index (κ2) is 12.3. The molecule has 6 nitrogen and oxygen atoms in total. The first-order valence-corrected chi connectivity index (χ1v) is 10.7. The zero-order valence-electron chi connectivity index (χ0n) is 17.2. The van der Waals surface area contributed by atoms with E-state index in [0.717, 1.165) is 21.1 Å². The summed E-state index contributed by atoms with van der Waals surface area (Å²) < 4.78 is 0.889. The molecule has 27 heavy (non-hydrogen) atoms. The lowest BCUT2D eigenvalue weighted by atomic mass is 10.2. The van der Waals surface area contributed by atoms with Crippen LogP contribution in [-0.2, 0) is 0 Å². The molecule has 0 fully saturated rings. The third-order valence-corrected chi connectivity index (χ3v) is 4.78. The Morgan fingerprint density at radius 3 is 2.41 bits per heavy atom. The lowest BCUT2D eigenvalue weighted by molar-refractivity contribution is 0.0952. The fourth-order valence-electron chi connectivity index (χ4n) is 2.59. The van der Waals surface area contributed by atoms with Crippen LogP contribution in [0.25, 0.3) is 21.1 Å². The number of hydrogen-bond donors (Lipinski definition) is 3. The smallest absolute Gasteiger partial charge is 0.272 e. The zero-order valence-corrected chi connectivity index (χ0v) is 18.0. The monoisotopic (exact) mass is 391 g/mol. The predicted octanol–water partition coefficient (Wildman–Crippen LogP) is 5.51. The van der Waals surface area contributed by atoms with Crippen LogP contribution >= 0.6 is 11.3 Å². The zero-order chi connectivity index (χ0) is 20.2. The highest BCUT2D eigenvalue weighted by molar-refractivity contribution is 7.23. The molecule has 4 N–H and O–H groups in total. The minimum absolute atomic E-state index is 0.191. The first kappa shape index (κ1) is 22.9. The summed E-state index contributed by atoms with van der Waals surface area (Å²) in [6.07, 6.45) is 7.01. The van der Waals surface area contributed by atoms with Crippen LogP contribution in [0, 0.1) is 0 Å². The van der Waals surface area contributed by atoms with Crippen LogP contribution in [-0.4, -0.2) is 27.6 Å². The molecule has 0 saturated heterocycles. The quantitative estimate of drug-likeness (QED) is 0.483. The van der Waals surface area contributed by atoms with E-state index in [1.807, 2.05) is 32.9 Å². The minimum atomic E-state index is -0.191. The fraction of sp³-hybridized carbons (Fsp3) is 0.550. The average Bonchev–Trinajstić information content (AvgIpc) is 3.27. The SMILES string of the molecule is CC.CCCCCCC.CCNC(=O)c1n[nH]c2ccc3nc(N)sc3c12. The average molecular weight is 392 g/mol. The van der Waals surface area contributed by atoms with Crippen LogP contribution in [0.15, 0.2) is 12.1 Å².